The quantitative estimate of drug-likeness (QED) is 0.0924. The third kappa shape index (κ3) is 24.2. The summed E-state index contributed by atoms with van der Waals surface area (Å²) in [4.78, 5) is 170. The predicted octanol–water partition coefficient (Wildman–Crippen LogP) is 2.86. The third-order valence-corrected chi connectivity index (χ3v) is 17.5. The predicted molar refractivity (Wildman–Crippen MR) is 362 cm³/mol. The number of aliphatic hydroxyl groups excluding tert-OH is 2. The molecule has 1 aromatic rings. The molecule has 0 radical (unpaired) electrons. The fourth-order valence-corrected chi connectivity index (χ4v) is 11.7. The molecule has 0 saturated carbocycles. The van der Waals surface area contributed by atoms with Crippen LogP contribution >= 0.6 is 0 Å². The van der Waals surface area contributed by atoms with Crippen LogP contribution in [0.15, 0.2) is 42.5 Å². The molecular weight excluding hydrogens is 1220 g/mol. The average Bonchev–Trinajstić information content (AvgIpc) is 0.821. The van der Waals surface area contributed by atoms with Gasteiger partial charge in [0.25, 0.3) is 0 Å². The molecule has 1 aliphatic heterocycles. The molecule has 1 aromatic carbocycles. The summed E-state index contributed by atoms with van der Waals surface area (Å²) >= 11 is 0. The van der Waals surface area contributed by atoms with Crippen molar-refractivity contribution in [2.24, 2.45) is 35.5 Å². The highest BCUT2D eigenvalue weighted by atomic mass is 16.5. The van der Waals surface area contributed by atoms with Gasteiger partial charge in [-0.05, 0) is 108 Å². The van der Waals surface area contributed by atoms with E-state index in [4.69, 9.17) is 9.47 Å². The van der Waals surface area contributed by atoms with E-state index in [-0.39, 0.29) is 62.4 Å². The standard InChI is InChI=1S/C69H117N11O15/c1-24-25-29-43(12)58(82)57-63(87)74-54(46(15)81)68(92)77(19)53(37-95-36-48-30-27-26-28-31-48)67(91)79(21)56(47(16)94-23)62(86)73-49(32-38(2)3)65(89)76(18)51(34-40(6)7)60(84)70-44(13)59(83)71-45(14)64(88)75(17)52(35-41(8)9)61(85)72-50(33-39(4)5)66(90)78(20)55(42(10)11)69(93)80(57)22/h24-28,30-31,38-47,49-58,81-82H,29,32-37H2,1-23H3,(H,70,84)(H,71,83)(H,72,85)(H,73,86)(H,74,87)/b25-24+/t43-,44+,45-,46-,47?,49+,50+,51+,52+,53-,54+,55+,56+,57?,58-/m1/s1. The molecule has 0 spiro atoms. The summed E-state index contributed by atoms with van der Waals surface area (Å²) in [6.45, 7) is 26.5. The topological polar surface area (TPSA) is 326 Å². The van der Waals surface area contributed by atoms with Crippen molar-refractivity contribution in [3.8, 4) is 0 Å². The summed E-state index contributed by atoms with van der Waals surface area (Å²) in [5, 5.41) is 37.5. The molecular formula is C69H117N11O15. The fraction of sp³-hybridized carbons (Fsp3) is 0.725. The Morgan fingerprint density at radius 2 is 0.905 bits per heavy atom. The number of hydrogen-bond donors (Lipinski definition) is 7. The van der Waals surface area contributed by atoms with Crippen LogP contribution in [0.2, 0.25) is 0 Å². The van der Waals surface area contributed by atoms with E-state index in [0.29, 0.717) is 5.56 Å². The number of ether oxygens (including phenoxy) is 2. The zero-order chi connectivity index (χ0) is 72.8. The molecule has 1 saturated heterocycles. The molecule has 26 heteroatoms. The zero-order valence-electron chi connectivity index (χ0n) is 60.9. The van der Waals surface area contributed by atoms with Crippen molar-refractivity contribution in [3.63, 3.8) is 0 Å². The average molecular weight is 1340 g/mol. The maximum absolute atomic E-state index is 15.3. The van der Waals surface area contributed by atoms with Gasteiger partial charge in [-0.2, -0.15) is 0 Å². The van der Waals surface area contributed by atoms with Crippen molar-refractivity contribution in [1.29, 1.82) is 0 Å². The lowest BCUT2D eigenvalue weighted by Crippen LogP contribution is -2.65. The minimum atomic E-state index is -1.87. The molecule has 0 bridgehead atoms. The molecule has 1 fully saturated rings. The second kappa shape index (κ2) is 39.3. The first-order chi connectivity index (χ1) is 44.2. The second-order valence-corrected chi connectivity index (χ2v) is 27.9. The summed E-state index contributed by atoms with van der Waals surface area (Å²) in [5.41, 5.74) is 0.703. The van der Waals surface area contributed by atoms with Crippen LogP contribution < -0.4 is 26.6 Å². The van der Waals surface area contributed by atoms with Gasteiger partial charge in [-0.15, -0.1) is 0 Å². The van der Waals surface area contributed by atoms with E-state index in [9.17, 15) is 39.0 Å². The number of likely N-dealkylation sites (N-methyl/N-ethyl adjacent to an activating group) is 6. The Balaban J connectivity index is 3.14. The molecule has 95 heavy (non-hydrogen) atoms. The Morgan fingerprint density at radius 3 is 1.38 bits per heavy atom. The summed E-state index contributed by atoms with van der Waals surface area (Å²) in [6, 6.07) is -6.71. The summed E-state index contributed by atoms with van der Waals surface area (Å²) in [5.74, 6) is -11.1. The molecule has 0 aliphatic carbocycles. The number of nitrogens with zero attached hydrogens (tertiary/aromatic N) is 6. The highest BCUT2D eigenvalue weighted by molar-refractivity contribution is 6.00. The fourth-order valence-electron chi connectivity index (χ4n) is 11.7. The number of hydrogen-bond acceptors (Lipinski definition) is 15. The Labute approximate surface area is 565 Å². The van der Waals surface area contributed by atoms with Crippen LogP contribution in [0.25, 0.3) is 0 Å². The molecule has 2 rings (SSSR count). The molecule has 0 aromatic heterocycles. The van der Waals surface area contributed by atoms with Crippen LogP contribution in [0.4, 0.5) is 0 Å². The first-order valence-corrected chi connectivity index (χ1v) is 33.4. The maximum atomic E-state index is 15.3. The molecule has 15 atom stereocenters. The monoisotopic (exact) mass is 1340 g/mol. The van der Waals surface area contributed by atoms with Gasteiger partial charge in [0.15, 0.2) is 0 Å². The van der Waals surface area contributed by atoms with Crippen molar-refractivity contribution in [3.05, 3.63) is 48.0 Å². The van der Waals surface area contributed by atoms with Crippen molar-refractivity contribution in [1.82, 2.24) is 56.0 Å². The summed E-state index contributed by atoms with van der Waals surface area (Å²) < 4.78 is 11.9. The van der Waals surface area contributed by atoms with E-state index >= 15 is 24.0 Å². The number of benzene rings is 1. The first kappa shape index (κ1) is 84.1. The smallest absolute Gasteiger partial charge is 0.248 e. The molecule has 1 heterocycles. The number of carbonyl (C=O) groups is 11. The number of nitrogens with one attached hydrogen (secondary N) is 5. The van der Waals surface area contributed by atoms with Gasteiger partial charge in [-0.3, -0.25) is 52.7 Å². The lowest BCUT2D eigenvalue weighted by Gasteiger charge is -2.40. The SMILES string of the molecule is C/C=C/C[C@@H](C)[C@@H](O)C1C(=O)N[C@@H]([C@@H](C)O)C(=O)N(C)[C@H](COCc2ccccc2)C(=O)N(C)[C@@H](C(C)OC)C(=O)N[C@@H](CC(C)C)C(=O)N(C)[C@@H](CC(C)C)C(=O)N[C@@H](C)C(=O)N[C@H](C)C(=O)N(C)[C@@H](CC(C)C)C(=O)N[C@@H](CC(C)C)C(=O)N(C)[C@@H](C(C)C)C(=O)N1C. The second-order valence-electron chi connectivity index (χ2n) is 27.9. The number of allylic oxidation sites excluding steroid dienone is 2. The highest BCUT2D eigenvalue weighted by Gasteiger charge is 2.47. The van der Waals surface area contributed by atoms with Gasteiger partial charge in [-0.25, -0.2) is 0 Å². The molecule has 26 nitrogen and oxygen atoms in total. The number of rotatable bonds is 20. The molecule has 11 amide bonds. The highest BCUT2D eigenvalue weighted by Crippen LogP contribution is 2.25. The van der Waals surface area contributed by atoms with Crippen molar-refractivity contribution in [2.75, 3.05) is 56.0 Å². The zero-order valence-corrected chi connectivity index (χ0v) is 60.9. The van der Waals surface area contributed by atoms with Crippen LogP contribution in [0, 0.1) is 35.5 Å². The number of methoxy groups -OCH3 is 1. The van der Waals surface area contributed by atoms with E-state index in [0.717, 1.165) is 14.7 Å². The van der Waals surface area contributed by atoms with Crippen molar-refractivity contribution in [2.45, 2.75) is 234 Å². The van der Waals surface area contributed by atoms with E-state index in [1.807, 2.05) is 55.4 Å². The van der Waals surface area contributed by atoms with Gasteiger partial charge in [-0.1, -0.05) is 119 Å². The van der Waals surface area contributed by atoms with Crippen LogP contribution in [-0.2, 0) is 68.8 Å². The van der Waals surface area contributed by atoms with Crippen LogP contribution in [-0.4, -0.2) is 245 Å². The Hall–Kier alpha value is -7.03. The molecule has 538 valence electrons. The first-order valence-electron chi connectivity index (χ1n) is 33.4. The number of aliphatic hydroxyl groups is 2. The van der Waals surface area contributed by atoms with Gasteiger partial charge in [0.2, 0.25) is 65.0 Å². The van der Waals surface area contributed by atoms with Crippen LogP contribution in [0.1, 0.15) is 148 Å². The lowest BCUT2D eigenvalue weighted by atomic mass is 9.91. The van der Waals surface area contributed by atoms with Gasteiger partial charge in [0, 0.05) is 49.4 Å². The minimum Gasteiger partial charge on any atom is -0.391 e. The normalized spacial score (nSPS) is 26.6. The third-order valence-electron chi connectivity index (χ3n) is 17.5. The maximum Gasteiger partial charge on any atom is 0.248 e. The van der Waals surface area contributed by atoms with Gasteiger partial charge in [0.1, 0.15) is 66.5 Å². The van der Waals surface area contributed by atoms with Gasteiger partial charge < -0.3 is 75.7 Å². The lowest BCUT2D eigenvalue weighted by molar-refractivity contribution is -0.157. The Bertz CT molecular complexity index is 2750. The molecule has 2 unspecified atom stereocenters. The van der Waals surface area contributed by atoms with Crippen molar-refractivity contribution < 1.29 is 72.4 Å². The largest absolute Gasteiger partial charge is 0.391 e. The summed E-state index contributed by atoms with van der Waals surface area (Å²) in [7, 11) is 9.33. The van der Waals surface area contributed by atoms with E-state index < -0.39 is 168 Å². The van der Waals surface area contributed by atoms with Crippen molar-refractivity contribution >= 4 is 65.0 Å². The van der Waals surface area contributed by atoms with Gasteiger partial charge >= 0.3 is 0 Å². The van der Waals surface area contributed by atoms with Crippen LogP contribution in [0.3, 0.4) is 0 Å². The Kier molecular flexibility index (Phi) is 34.7. The number of amides is 11. The van der Waals surface area contributed by atoms with E-state index in [1.165, 1.54) is 91.8 Å². The summed E-state index contributed by atoms with van der Waals surface area (Å²) in [6.07, 6.45) is -0.351. The molecule has 1 aliphatic rings. The Morgan fingerprint density at radius 1 is 0.474 bits per heavy atom. The van der Waals surface area contributed by atoms with Gasteiger partial charge in [0.05, 0.1) is 31.5 Å². The van der Waals surface area contributed by atoms with E-state index in [2.05, 4.69) is 26.6 Å². The molecule has 7 N–H and O–H groups in total. The van der Waals surface area contributed by atoms with E-state index in [1.54, 1.807) is 70.2 Å². The minimum absolute atomic E-state index is 0.0488. The van der Waals surface area contributed by atoms with Crippen LogP contribution in [0.5, 0.6) is 0 Å². The number of carbonyl (C=O) groups excluding carboxylic acids is 11.